The van der Waals surface area contributed by atoms with Crippen LogP contribution in [0.25, 0.3) is 0 Å². The first-order valence-electron chi connectivity index (χ1n) is 5.73. The molecule has 2 heterocycles. The first-order valence-corrected chi connectivity index (χ1v) is 5.73. The molecule has 0 bridgehead atoms. The topological polar surface area (TPSA) is 81.1 Å². The van der Waals surface area contributed by atoms with Gasteiger partial charge in [-0.15, -0.1) is 0 Å². The van der Waals surface area contributed by atoms with Gasteiger partial charge in [0, 0.05) is 24.5 Å². The smallest absolute Gasteiger partial charge is 0.252 e. The van der Waals surface area contributed by atoms with Crippen molar-refractivity contribution in [1.82, 2.24) is 10.3 Å². The van der Waals surface area contributed by atoms with Gasteiger partial charge in [-0.25, -0.2) is 0 Å². The Hall–Kier alpha value is -2.58. The fraction of sp³-hybridized carbons (Fsp3) is 0.143. The molecule has 0 atom stereocenters. The largest absolute Gasteiger partial charge is 0.472 e. The van der Waals surface area contributed by atoms with Gasteiger partial charge in [0.15, 0.2) is 0 Å². The molecule has 96 valence electrons. The maximum atomic E-state index is 12.1. The van der Waals surface area contributed by atoms with Crippen LogP contribution in [0.2, 0.25) is 0 Å². The van der Waals surface area contributed by atoms with Crippen LogP contribution in [0.4, 0.5) is 0 Å². The Kier molecular flexibility index (Phi) is 4.32. The van der Waals surface area contributed by atoms with Crippen LogP contribution in [0.1, 0.15) is 21.5 Å². The highest BCUT2D eigenvalue weighted by atomic mass is 16.3. The van der Waals surface area contributed by atoms with E-state index in [1.165, 1.54) is 0 Å². The van der Waals surface area contributed by atoms with Gasteiger partial charge in [-0.1, -0.05) is 11.8 Å². The van der Waals surface area contributed by atoms with Gasteiger partial charge in [-0.2, -0.15) is 0 Å². The molecule has 1 amide bonds. The second-order valence-electron chi connectivity index (χ2n) is 3.74. The molecule has 0 radical (unpaired) electrons. The fourth-order valence-electron chi connectivity index (χ4n) is 1.51. The lowest BCUT2D eigenvalue weighted by Gasteiger charge is -2.05. The van der Waals surface area contributed by atoms with Crippen molar-refractivity contribution in [1.29, 1.82) is 0 Å². The molecule has 2 aromatic heterocycles. The Morgan fingerprint density at radius 1 is 1.47 bits per heavy atom. The van der Waals surface area contributed by atoms with E-state index < -0.39 is 0 Å². The van der Waals surface area contributed by atoms with E-state index >= 15 is 0 Å². The van der Waals surface area contributed by atoms with Crippen LogP contribution in [-0.4, -0.2) is 17.4 Å². The van der Waals surface area contributed by atoms with E-state index in [0.29, 0.717) is 17.7 Å². The second kappa shape index (κ2) is 6.38. The third-order valence-electron chi connectivity index (χ3n) is 2.42. The van der Waals surface area contributed by atoms with Crippen molar-refractivity contribution in [3.05, 3.63) is 53.7 Å². The van der Waals surface area contributed by atoms with Crippen molar-refractivity contribution < 1.29 is 9.21 Å². The predicted octanol–water partition coefficient (Wildman–Crippen LogP) is 0.915. The molecule has 2 aromatic rings. The molecular formula is C14H13N3O2. The summed E-state index contributed by atoms with van der Waals surface area (Å²) in [5, 5.41) is 2.79. The van der Waals surface area contributed by atoms with Crippen LogP contribution >= 0.6 is 0 Å². The van der Waals surface area contributed by atoms with E-state index in [1.807, 2.05) is 0 Å². The van der Waals surface area contributed by atoms with E-state index in [4.69, 9.17) is 10.2 Å². The Bertz CT molecular complexity index is 609. The summed E-state index contributed by atoms with van der Waals surface area (Å²) >= 11 is 0. The lowest BCUT2D eigenvalue weighted by Crippen LogP contribution is -2.23. The van der Waals surface area contributed by atoms with Gasteiger partial charge >= 0.3 is 0 Å². The summed E-state index contributed by atoms with van der Waals surface area (Å²) in [6, 6.07) is 3.42. The molecule has 3 N–H and O–H groups in total. The number of hydrogen-bond acceptors (Lipinski definition) is 4. The summed E-state index contributed by atoms with van der Waals surface area (Å²) in [5.74, 6) is 5.34. The molecule has 0 saturated heterocycles. The van der Waals surface area contributed by atoms with Crippen molar-refractivity contribution >= 4 is 5.91 Å². The zero-order chi connectivity index (χ0) is 13.5. The Balaban J connectivity index is 2.10. The lowest BCUT2D eigenvalue weighted by atomic mass is 10.1. The van der Waals surface area contributed by atoms with Gasteiger partial charge < -0.3 is 15.5 Å². The number of furan rings is 1. The molecule has 0 aliphatic rings. The van der Waals surface area contributed by atoms with Crippen molar-refractivity contribution in [3.63, 3.8) is 0 Å². The zero-order valence-electron chi connectivity index (χ0n) is 10.2. The minimum Gasteiger partial charge on any atom is -0.472 e. The minimum absolute atomic E-state index is 0.204. The van der Waals surface area contributed by atoms with E-state index in [2.05, 4.69) is 22.1 Å². The van der Waals surface area contributed by atoms with E-state index in [1.54, 1.807) is 37.1 Å². The first kappa shape index (κ1) is 12.9. The summed E-state index contributed by atoms with van der Waals surface area (Å²) in [6.07, 6.45) is 6.25. The standard InChI is InChI=1S/C14H13N3O2/c15-5-1-2-12-9-16-6-3-13(12)14(18)17-8-11-4-7-19-10-11/h3-4,6-7,9-10H,5,8,15H2,(H,17,18). The number of nitrogens with zero attached hydrogens (tertiary/aromatic N) is 1. The molecular weight excluding hydrogens is 242 g/mol. The number of carbonyl (C=O) groups excluding carboxylic acids is 1. The van der Waals surface area contributed by atoms with E-state index in [9.17, 15) is 4.79 Å². The summed E-state index contributed by atoms with van der Waals surface area (Å²) in [5.41, 5.74) is 7.27. The molecule has 0 fully saturated rings. The Labute approximate surface area is 110 Å². The molecule has 0 unspecified atom stereocenters. The number of nitrogens with one attached hydrogen (secondary N) is 1. The number of hydrogen-bond donors (Lipinski definition) is 2. The number of rotatable bonds is 3. The normalized spacial score (nSPS) is 9.53. The summed E-state index contributed by atoms with van der Waals surface area (Å²) in [7, 11) is 0. The van der Waals surface area contributed by atoms with Crippen LogP contribution in [0.3, 0.4) is 0 Å². The van der Waals surface area contributed by atoms with Crippen LogP contribution in [-0.2, 0) is 6.54 Å². The summed E-state index contributed by atoms with van der Waals surface area (Å²) < 4.78 is 4.93. The van der Waals surface area contributed by atoms with Crippen LogP contribution in [0.15, 0.2) is 41.5 Å². The third-order valence-corrected chi connectivity index (χ3v) is 2.42. The molecule has 0 aromatic carbocycles. The van der Waals surface area contributed by atoms with Crippen molar-refractivity contribution in [2.24, 2.45) is 5.73 Å². The van der Waals surface area contributed by atoms with Crippen LogP contribution in [0, 0.1) is 11.8 Å². The number of amides is 1. The highest BCUT2D eigenvalue weighted by Gasteiger charge is 2.09. The molecule has 2 rings (SSSR count). The maximum absolute atomic E-state index is 12.1. The Morgan fingerprint density at radius 2 is 2.37 bits per heavy atom. The molecule has 0 aliphatic carbocycles. The van der Waals surface area contributed by atoms with Crippen LogP contribution < -0.4 is 11.1 Å². The van der Waals surface area contributed by atoms with Gasteiger partial charge in [0.25, 0.3) is 5.91 Å². The van der Waals surface area contributed by atoms with Gasteiger partial charge in [0.2, 0.25) is 0 Å². The molecule has 0 spiro atoms. The number of carbonyl (C=O) groups is 1. The van der Waals surface area contributed by atoms with E-state index in [-0.39, 0.29) is 12.5 Å². The zero-order valence-corrected chi connectivity index (χ0v) is 10.2. The minimum atomic E-state index is -0.204. The van der Waals surface area contributed by atoms with Gasteiger partial charge in [0.1, 0.15) is 0 Å². The van der Waals surface area contributed by atoms with Gasteiger partial charge in [0.05, 0.1) is 30.2 Å². The van der Waals surface area contributed by atoms with Crippen molar-refractivity contribution in [2.75, 3.05) is 6.54 Å². The van der Waals surface area contributed by atoms with Gasteiger partial charge in [-0.05, 0) is 12.1 Å². The van der Waals surface area contributed by atoms with E-state index in [0.717, 1.165) is 5.56 Å². The predicted molar refractivity (Wildman–Crippen MR) is 70.0 cm³/mol. The van der Waals surface area contributed by atoms with Crippen molar-refractivity contribution in [3.8, 4) is 11.8 Å². The van der Waals surface area contributed by atoms with Crippen LogP contribution in [0.5, 0.6) is 0 Å². The number of nitrogens with two attached hydrogens (primary N) is 1. The first-order chi connectivity index (χ1) is 9.31. The Morgan fingerprint density at radius 3 is 3.11 bits per heavy atom. The number of aromatic nitrogens is 1. The average molecular weight is 255 g/mol. The summed E-state index contributed by atoms with van der Waals surface area (Å²) in [6.45, 7) is 0.645. The average Bonchev–Trinajstić information content (AvgIpc) is 2.96. The van der Waals surface area contributed by atoms with Gasteiger partial charge in [-0.3, -0.25) is 9.78 Å². The molecule has 0 aliphatic heterocycles. The fourth-order valence-corrected chi connectivity index (χ4v) is 1.51. The summed E-state index contributed by atoms with van der Waals surface area (Å²) in [4.78, 5) is 16.0. The second-order valence-corrected chi connectivity index (χ2v) is 3.74. The quantitative estimate of drug-likeness (QED) is 0.799. The molecule has 0 saturated carbocycles. The third kappa shape index (κ3) is 3.44. The SMILES string of the molecule is NCC#Cc1cnccc1C(=O)NCc1ccoc1. The highest BCUT2D eigenvalue weighted by molar-refractivity contribution is 5.96. The van der Waals surface area contributed by atoms with Crippen molar-refractivity contribution in [2.45, 2.75) is 6.54 Å². The molecule has 5 nitrogen and oxygen atoms in total. The molecule has 19 heavy (non-hydrogen) atoms. The maximum Gasteiger partial charge on any atom is 0.252 e. The highest BCUT2D eigenvalue weighted by Crippen LogP contribution is 2.06. The lowest BCUT2D eigenvalue weighted by molar-refractivity contribution is 0.0950. The molecule has 5 heteroatoms. The monoisotopic (exact) mass is 255 g/mol. The number of pyridine rings is 1.